The summed E-state index contributed by atoms with van der Waals surface area (Å²) in [7, 11) is -9.67. The van der Waals surface area contributed by atoms with Crippen LogP contribution in [0.25, 0.3) is 12.2 Å². The molecule has 8 rings (SSSR count). The van der Waals surface area contributed by atoms with Gasteiger partial charge in [0.2, 0.25) is 11.9 Å². The number of hydrogen-bond donors (Lipinski definition) is 8. The van der Waals surface area contributed by atoms with E-state index in [0.717, 1.165) is 22.7 Å². The third-order valence-electron chi connectivity index (χ3n) is 9.17. The van der Waals surface area contributed by atoms with Crippen LogP contribution in [0.2, 0.25) is 0 Å². The van der Waals surface area contributed by atoms with Gasteiger partial charge < -0.3 is 34.8 Å². The molecule has 0 bridgehead atoms. The Morgan fingerprint density at radius 1 is 0.364 bits per heavy atom. The van der Waals surface area contributed by atoms with E-state index in [2.05, 4.69) is 51.8 Å². The average molecular weight is 939 g/mol. The molecule has 0 aliphatic heterocycles. The molecule has 20 heteroatoms. The molecule has 2 heterocycles. The van der Waals surface area contributed by atoms with Crippen molar-refractivity contribution in [3.8, 4) is 0 Å². The van der Waals surface area contributed by atoms with Gasteiger partial charge in [-0.25, -0.2) is 0 Å². The van der Waals surface area contributed by atoms with E-state index < -0.39 is 30.0 Å². The predicted octanol–water partition coefficient (Wildman–Crippen LogP) is 4.63. The maximum atomic E-state index is 12.8. The van der Waals surface area contributed by atoms with Crippen LogP contribution in [-0.2, 0) is 20.2 Å². The molecule has 16 nitrogen and oxygen atoms in total. The van der Waals surface area contributed by atoms with E-state index in [1.54, 1.807) is 12.1 Å². The maximum absolute atomic E-state index is 12.8. The summed E-state index contributed by atoms with van der Waals surface area (Å²) in [5.74, 6) is 1.92. The molecule has 0 aliphatic rings. The standard InChI is InChI=1S/C46H38N10O6S2.2Na.2H/c57-63(58,59)39-27-37(51-45-53-41(47-33-13-5-1-6-14-33)29-42(54-45)48-34-15-7-2-8-16-34)25-23-31(39)21-22-32-24-26-38(28-40(32)64(60,61)62)52-46-55-43(49-35-17-9-3-10-18-35)30-44(56-46)50-36-19-11-4-12-20-36;;;;/h1-30H,(H,57,58,59)(H,60,61,62)(H3,47,48,51,53,54)(H3,49,50,52,55,56);;;;/q;2*+1;2*-1. The predicted molar refractivity (Wildman–Crippen MR) is 253 cm³/mol. The van der Waals surface area contributed by atoms with E-state index in [1.807, 2.05) is 121 Å². The van der Waals surface area contributed by atoms with Crippen molar-refractivity contribution in [3.05, 3.63) is 181 Å². The fourth-order valence-electron chi connectivity index (χ4n) is 6.32. The van der Waals surface area contributed by atoms with Gasteiger partial charge in [0, 0.05) is 46.3 Å². The number of rotatable bonds is 16. The fourth-order valence-corrected chi connectivity index (χ4v) is 7.74. The minimum Gasteiger partial charge on any atom is -1.00 e. The minimum atomic E-state index is -4.84. The van der Waals surface area contributed by atoms with Gasteiger partial charge in [0.15, 0.2) is 0 Å². The van der Waals surface area contributed by atoms with E-state index in [9.17, 15) is 25.9 Å². The SMILES string of the molecule is O=S(=O)(O)c1cc(Nc2nc(Nc3ccccc3)cc(Nc3ccccc3)n2)ccc1C=Cc1ccc(Nc2nc(Nc3ccccc3)cc(Nc3ccccc3)n2)cc1S(=O)(=O)O.[H-].[H-].[Na+].[Na+]. The molecule has 0 saturated carbocycles. The van der Waals surface area contributed by atoms with Gasteiger partial charge in [0.1, 0.15) is 33.1 Å². The number of anilines is 12. The van der Waals surface area contributed by atoms with Gasteiger partial charge in [0.05, 0.1) is 0 Å². The Morgan fingerprint density at radius 3 is 0.894 bits per heavy atom. The largest absolute Gasteiger partial charge is 1.00 e. The Hall–Kier alpha value is -6.16. The number of para-hydroxylation sites is 4. The number of nitrogens with one attached hydrogen (secondary N) is 6. The number of hydrogen-bond acceptors (Lipinski definition) is 14. The van der Waals surface area contributed by atoms with Crippen LogP contribution >= 0.6 is 0 Å². The summed E-state index contributed by atoms with van der Waals surface area (Å²) < 4.78 is 71.7. The molecule has 66 heavy (non-hydrogen) atoms. The molecular formula is C46H40N10Na2O6S2. The van der Waals surface area contributed by atoms with Crippen LogP contribution in [0.5, 0.6) is 0 Å². The zero-order valence-corrected chi connectivity index (χ0v) is 41.1. The molecule has 0 saturated heterocycles. The van der Waals surface area contributed by atoms with Crippen molar-refractivity contribution in [1.29, 1.82) is 0 Å². The summed E-state index contributed by atoms with van der Waals surface area (Å²) in [6, 6.07) is 49.2. The number of aromatic nitrogens is 4. The van der Waals surface area contributed by atoms with Crippen LogP contribution in [-0.4, -0.2) is 45.9 Å². The second-order valence-corrected chi connectivity index (χ2v) is 16.7. The van der Waals surface area contributed by atoms with Crippen LogP contribution in [0.3, 0.4) is 0 Å². The first-order valence-electron chi connectivity index (χ1n) is 19.4. The minimum absolute atomic E-state index is 0. The van der Waals surface area contributed by atoms with Gasteiger partial charge in [-0.3, -0.25) is 9.11 Å². The fraction of sp³-hybridized carbons (Fsp3) is 0. The molecule has 0 amide bonds. The Kier molecular flexibility index (Phi) is 16.7. The molecule has 324 valence electrons. The van der Waals surface area contributed by atoms with Crippen molar-refractivity contribution in [2.75, 3.05) is 31.9 Å². The summed E-state index contributed by atoms with van der Waals surface area (Å²) in [6.45, 7) is 0. The molecule has 8 aromatic rings. The maximum Gasteiger partial charge on any atom is 1.00 e. The molecular weight excluding hydrogens is 899 g/mol. The normalized spacial score (nSPS) is 11.1. The van der Waals surface area contributed by atoms with E-state index in [1.165, 1.54) is 48.6 Å². The molecule has 0 aliphatic carbocycles. The molecule has 0 fully saturated rings. The molecule has 2 aromatic heterocycles. The van der Waals surface area contributed by atoms with Gasteiger partial charge in [-0.1, -0.05) is 97.1 Å². The van der Waals surface area contributed by atoms with Crippen molar-refractivity contribution in [3.63, 3.8) is 0 Å². The molecule has 0 atom stereocenters. The number of benzene rings is 6. The van der Waals surface area contributed by atoms with Gasteiger partial charge in [0.25, 0.3) is 20.2 Å². The van der Waals surface area contributed by atoms with Crippen molar-refractivity contribution in [2.45, 2.75) is 9.79 Å². The van der Waals surface area contributed by atoms with Crippen molar-refractivity contribution in [1.82, 2.24) is 19.9 Å². The second-order valence-electron chi connectivity index (χ2n) is 13.9. The molecule has 0 spiro atoms. The zero-order chi connectivity index (χ0) is 44.5. The monoisotopic (exact) mass is 938 g/mol. The first-order valence-corrected chi connectivity index (χ1v) is 22.3. The van der Waals surface area contributed by atoms with E-state index in [0.29, 0.717) is 23.3 Å². The third kappa shape index (κ3) is 13.7. The molecule has 6 aromatic carbocycles. The van der Waals surface area contributed by atoms with E-state index in [4.69, 9.17) is 0 Å². The first-order chi connectivity index (χ1) is 30.9. The van der Waals surface area contributed by atoms with Crippen LogP contribution in [0.15, 0.2) is 180 Å². The van der Waals surface area contributed by atoms with Gasteiger partial charge in [-0.05, 0) is 83.9 Å². The summed E-state index contributed by atoms with van der Waals surface area (Å²) in [6.07, 6.45) is 2.60. The molecule has 0 unspecified atom stereocenters. The van der Waals surface area contributed by atoms with Crippen molar-refractivity contribution >= 4 is 102 Å². The Balaban J connectivity index is 0.00000252. The Bertz CT molecular complexity index is 2860. The third-order valence-corrected chi connectivity index (χ3v) is 11.0. The van der Waals surface area contributed by atoms with E-state index in [-0.39, 0.29) is 96.4 Å². The van der Waals surface area contributed by atoms with Crippen molar-refractivity contribution in [2.24, 2.45) is 0 Å². The quantitative estimate of drug-likeness (QED) is 0.0375. The summed E-state index contributed by atoms with van der Waals surface area (Å²) in [4.78, 5) is 17.3. The Labute approximate surface area is 428 Å². The van der Waals surface area contributed by atoms with E-state index >= 15 is 0 Å². The van der Waals surface area contributed by atoms with Crippen molar-refractivity contribution < 1.29 is 87.9 Å². The van der Waals surface area contributed by atoms with Gasteiger partial charge in [-0.2, -0.15) is 36.8 Å². The second kappa shape index (κ2) is 22.4. The smallest absolute Gasteiger partial charge is 1.00 e. The van der Waals surface area contributed by atoms with Crippen LogP contribution in [0.4, 0.5) is 69.3 Å². The van der Waals surface area contributed by atoms with Crippen LogP contribution in [0, 0.1) is 0 Å². The van der Waals surface area contributed by atoms with Gasteiger partial charge in [-0.15, -0.1) is 0 Å². The first kappa shape index (κ1) is 49.3. The molecule has 0 radical (unpaired) electrons. The van der Waals surface area contributed by atoms with Crippen LogP contribution < -0.4 is 91.0 Å². The topological polar surface area (TPSA) is 232 Å². The summed E-state index contributed by atoms with van der Waals surface area (Å²) in [5, 5.41) is 19.0. The molecule has 8 N–H and O–H groups in total. The van der Waals surface area contributed by atoms with Gasteiger partial charge >= 0.3 is 59.1 Å². The Morgan fingerprint density at radius 2 is 0.636 bits per heavy atom. The summed E-state index contributed by atoms with van der Waals surface area (Å²) >= 11 is 0. The average Bonchev–Trinajstić information content (AvgIpc) is 3.27. The zero-order valence-electron chi connectivity index (χ0n) is 37.5. The van der Waals surface area contributed by atoms with Crippen LogP contribution in [0.1, 0.15) is 14.0 Å². The number of nitrogens with zero attached hydrogens (tertiary/aromatic N) is 4. The summed E-state index contributed by atoms with van der Waals surface area (Å²) in [5.41, 5.74) is 3.54.